The Labute approximate surface area is 141 Å². The molecular formula is C18H22N6. The van der Waals surface area contributed by atoms with Gasteiger partial charge in [0, 0.05) is 43.5 Å². The van der Waals surface area contributed by atoms with Crippen LogP contribution in [0.3, 0.4) is 0 Å². The zero-order valence-corrected chi connectivity index (χ0v) is 13.9. The number of piperidine rings is 1. The second-order valence-corrected chi connectivity index (χ2v) is 6.60. The summed E-state index contributed by atoms with van der Waals surface area (Å²) in [5, 5.41) is 4.38. The molecular weight excluding hydrogens is 300 g/mol. The van der Waals surface area contributed by atoms with Crippen LogP contribution in [0.4, 0.5) is 5.82 Å². The lowest BCUT2D eigenvalue weighted by Gasteiger charge is -2.32. The van der Waals surface area contributed by atoms with Gasteiger partial charge in [-0.15, -0.1) is 0 Å². The molecule has 1 unspecified atom stereocenters. The van der Waals surface area contributed by atoms with Crippen molar-refractivity contribution in [1.29, 1.82) is 0 Å². The summed E-state index contributed by atoms with van der Waals surface area (Å²) in [5.41, 5.74) is 10.3. The molecule has 3 aromatic heterocycles. The number of pyridine rings is 1. The third-order valence-corrected chi connectivity index (χ3v) is 4.65. The molecule has 4 rings (SSSR count). The van der Waals surface area contributed by atoms with Gasteiger partial charge in [-0.3, -0.25) is 9.88 Å². The van der Waals surface area contributed by atoms with Gasteiger partial charge in [0.2, 0.25) is 0 Å². The van der Waals surface area contributed by atoms with Crippen LogP contribution in [0.5, 0.6) is 0 Å². The Kier molecular flexibility index (Phi) is 3.90. The van der Waals surface area contributed by atoms with Gasteiger partial charge in [-0.2, -0.15) is 9.61 Å². The van der Waals surface area contributed by atoms with Crippen molar-refractivity contribution in [3.05, 3.63) is 53.6 Å². The highest BCUT2D eigenvalue weighted by Gasteiger charge is 2.23. The largest absolute Gasteiger partial charge is 0.384 e. The van der Waals surface area contributed by atoms with Gasteiger partial charge in [0.05, 0.1) is 11.4 Å². The Bertz CT molecular complexity index is 841. The van der Waals surface area contributed by atoms with Crippen LogP contribution in [0, 0.1) is 6.92 Å². The number of hydrogen-bond acceptors (Lipinski definition) is 5. The van der Waals surface area contributed by atoms with Gasteiger partial charge in [-0.05, 0) is 37.9 Å². The van der Waals surface area contributed by atoms with E-state index >= 15 is 0 Å². The summed E-state index contributed by atoms with van der Waals surface area (Å²) < 4.78 is 1.72. The van der Waals surface area contributed by atoms with Crippen LogP contribution in [0.2, 0.25) is 0 Å². The first kappa shape index (κ1) is 15.1. The molecule has 3 aromatic rings. The van der Waals surface area contributed by atoms with Crippen molar-refractivity contribution < 1.29 is 0 Å². The van der Waals surface area contributed by atoms with E-state index < -0.39 is 0 Å². The minimum Gasteiger partial charge on any atom is -0.384 e. The van der Waals surface area contributed by atoms with E-state index in [1.165, 1.54) is 12.0 Å². The van der Waals surface area contributed by atoms with Crippen molar-refractivity contribution in [3.8, 4) is 0 Å². The zero-order valence-electron chi connectivity index (χ0n) is 13.9. The van der Waals surface area contributed by atoms with Crippen LogP contribution in [0.25, 0.3) is 5.65 Å². The molecule has 0 aromatic carbocycles. The van der Waals surface area contributed by atoms with Gasteiger partial charge in [-0.1, -0.05) is 6.07 Å². The number of likely N-dealkylation sites (tertiary alicyclic amines) is 1. The monoisotopic (exact) mass is 322 g/mol. The molecule has 1 fully saturated rings. The maximum Gasteiger partial charge on any atom is 0.157 e. The SMILES string of the molecule is Cc1cc2nc(C3CCCN(Cc4cccnc4)C3)cc(N)n2n1. The molecule has 2 N–H and O–H groups in total. The van der Waals surface area contributed by atoms with Crippen LogP contribution >= 0.6 is 0 Å². The predicted octanol–water partition coefficient (Wildman–Crippen LogP) is 2.39. The normalized spacial score (nSPS) is 19.0. The standard InChI is InChI=1S/C18H22N6/c1-13-8-18-21-16(9-17(19)24(18)22-13)15-5-3-7-23(12-15)11-14-4-2-6-20-10-14/h2,4,6,8-10,15H,3,5,7,11-12,19H2,1H3. The number of nitrogens with two attached hydrogens (primary N) is 1. The zero-order chi connectivity index (χ0) is 16.5. The maximum absolute atomic E-state index is 6.17. The maximum atomic E-state index is 6.17. The smallest absolute Gasteiger partial charge is 0.157 e. The van der Waals surface area contributed by atoms with E-state index in [2.05, 4.69) is 21.0 Å². The highest BCUT2D eigenvalue weighted by atomic mass is 15.3. The van der Waals surface area contributed by atoms with E-state index in [0.29, 0.717) is 11.7 Å². The summed E-state index contributed by atoms with van der Waals surface area (Å²) in [6, 6.07) is 8.09. The topological polar surface area (TPSA) is 72.3 Å². The Morgan fingerprint density at radius 3 is 3.08 bits per heavy atom. The molecule has 0 aliphatic carbocycles. The summed E-state index contributed by atoms with van der Waals surface area (Å²) in [6.07, 6.45) is 6.09. The second kappa shape index (κ2) is 6.20. The molecule has 0 amide bonds. The van der Waals surface area contributed by atoms with Crippen molar-refractivity contribution in [3.63, 3.8) is 0 Å². The molecule has 0 saturated carbocycles. The molecule has 0 spiro atoms. The van der Waals surface area contributed by atoms with E-state index in [4.69, 9.17) is 10.7 Å². The number of fused-ring (bicyclic) bond motifs is 1. The van der Waals surface area contributed by atoms with Crippen LogP contribution < -0.4 is 5.73 Å². The molecule has 6 nitrogen and oxygen atoms in total. The van der Waals surface area contributed by atoms with E-state index in [0.717, 1.165) is 43.1 Å². The van der Waals surface area contributed by atoms with Crippen LogP contribution in [0.1, 0.15) is 35.7 Å². The van der Waals surface area contributed by atoms with Gasteiger partial charge in [0.1, 0.15) is 5.82 Å². The first-order chi connectivity index (χ1) is 11.7. The van der Waals surface area contributed by atoms with E-state index in [1.54, 1.807) is 4.52 Å². The average molecular weight is 322 g/mol. The Morgan fingerprint density at radius 2 is 2.25 bits per heavy atom. The third-order valence-electron chi connectivity index (χ3n) is 4.65. The summed E-state index contributed by atoms with van der Waals surface area (Å²) in [7, 11) is 0. The fourth-order valence-corrected chi connectivity index (χ4v) is 3.53. The van der Waals surface area contributed by atoms with Crippen molar-refractivity contribution in [2.24, 2.45) is 0 Å². The molecule has 4 heterocycles. The van der Waals surface area contributed by atoms with Crippen LogP contribution in [-0.4, -0.2) is 37.6 Å². The molecule has 6 heteroatoms. The summed E-state index contributed by atoms with van der Waals surface area (Å²) in [6.45, 7) is 5.03. The third kappa shape index (κ3) is 2.97. The second-order valence-electron chi connectivity index (χ2n) is 6.60. The Hall–Kier alpha value is -2.47. The van der Waals surface area contributed by atoms with E-state index in [1.807, 2.05) is 37.5 Å². The van der Waals surface area contributed by atoms with Crippen LogP contribution in [-0.2, 0) is 6.54 Å². The van der Waals surface area contributed by atoms with Crippen molar-refractivity contribution in [2.45, 2.75) is 32.2 Å². The molecule has 1 saturated heterocycles. The lowest BCUT2D eigenvalue weighted by molar-refractivity contribution is 0.198. The Balaban J connectivity index is 1.55. The number of anilines is 1. The fraction of sp³-hybridized carbons (Fsp3) is 0.389. The quantitative estimate of drug-likeness (QED) is 0.801. The Morgan fingerprint density at radius 1 is 1.33 bits per heavy atom. The van der Waals surface area contributed by atoms with Gasteiger partial charge in [-0.25, -0.2) is 4.98 Å². The molecule has 1 atom stereocenters. The summed E-state index contributed by atoms with van der Waals surface area (Å²) >= 11 is 0. The van der Waals surface area contributed by atoms with Crippen LogP contribution in [0.15, 0.2) is 36.7 Å². The molecule has 1 aliphatic heterocycles. The van der Waals surface area contributed by atoms with Crippen molar-refractivity contribution in [2.75, 3.05) is 18.8 Å². The fourth-order valence-electron chi connectivity index (χ4n) is 3.53. The number of aryl methyl sites for hydroxylation is 1. The number of nitrogens with zero attached hydrogens (tertiary/aromatic N) is 5. The number of hydrogen-bond donors (Lipinski definition) is 1. The molecule has 24 heavy (non-hydrogen) atoms. The first-order valence-electron chi connectivity index (χ1n) is 8.43. The molecule has 1 aliphatic rings. The lowest BCUT2D eigenvalue weighted by atomic mass is 9.94. The molecule has 0 radical (unpaired) electrons. The summed E-state index contributed by atoms with van der Waals surface area (Å²) in [5.74, 6) is 1.07. The number of aromatic nitrogens is 4. The minimum atomic E-state index is 0.415. The highest BCUT2D eigenvalue weighted by molar-refractivity contribution is 5.48. The van der Waals surface area contributed by atoms with E-state index in [-0.39, 0.29) is 0 Å². The number of nitrogen functional groups attached to an aromatic ring is 1. The molecule has 124 valence electrons. The van der Waals surface area contributed by atoms with Crippen molar-refractivity contribution in [1.82, 2.24) is 24.5 Å². The van der Waals surface area contributed by atoms with Gasteiger partial charge in [0.15, 0.2) is 5.65 Å². The molecule has 0 bridgehead atoms. The minimum absolute atomic E-state index is 0.415. The predicted molar refractivity (Wildman–Crippen MR) is 93.6 cm³/mol. The van der Waals surface area contributed by atoms with Crippen molar-refractivity contribution >= 4 is 11.5 Å². The van der Waals surface area contributed by atoms with Gasteiger partial charge in [0.25, 0.3) is 0 Å². The first-order valence-corrected chi connectivity index (χ1v) is 8.43. The average Bonchev–Trinajstić information content (AvgIpc) is 2.97. The number of rotatable bonds is 3. The van der Waals surface area contributed by atoms with E-state index in [9.17, 15) is 0 Å². The van der Waals surface area contributed by atoms with Gasteiger partial charge < -0.3 is 5.73 Å². The summed E-state index contributed by atoms with van der Waals surface area (Å²) in [4.78, 5) is 11.5. The van der Waals surface area contributed by atoms with Gasteiger partial charge >= 0.3 is 0 Å². The highest BCUT2D eigenvalue weighted by Crippen LogP contribution is 2.28. The lowest BCUT2D eigenvalue weighted by Crippen LogP contribution is -2.34.